The van der Waals surface area contributed by atoms with Crippen molar-refractivity contribution in [2.45, 2.75) is 43.6 Å². The second kappa shape index (κ2) is 8.21. The fourth-order valence-corrected chi connectivity index (χ4v) is 3.00. The second-order valence-corrected chi connectivity index (χ2v) is 6.82. The molecule has 23 heavy (non-hydrogen) atoms. The minimum Gasteiger partial charge on any atom is -0.325 e. The Morgan fingerprint density at radius 1 is 1.52 bits per heavy atom. The molecule has 8 heteroatoms. The number of anilines is 1. The molecule has 2 rings (SSSR count). The van der Waals surface area contributed by atoms with Crippen molar-refractivity contribution < 1.29 is 4.79 Å². The van der Waals surface area contributed by atoms with Gasteiger partial charge in [-0.1, -0.05) is 42.8 Å². The smallest absolute Gasteiger partial charge is 0.325 e. The second-order valence-electron chi connectivity index (χ2n) is 5.08. The SMILES string of the molecule is CCCCn1c(SC(C)C(=O)Nc2cccc(Cl)c2)n[nH]c1=O. The average Bonchev–Trinajstić information content (AvgIpc) is 2.85. The number of hydrogen-bond donors (Lipinski definition) is 2. The molecule has 2 N–H and O–H groups in total. The summed E-state index contributed by atoms with van der Waals surface area (Å²) in [5, 5.41) is 9.92. The summed E-state index contributed by atoms with van der Waals surface area (Å²) in [4.78, 5) is 24.0. The fourth-order valence-electron chi connectivity index (χ4n) is 1.93. The lowest BCUT2D eigenvalue weighted by molar-refractivity contribution is -0.115. The van der Waals surface area contributed by atoms with Crippen molar-refractivity contribution in [1.82, 2.24) is 14.8 Å². The van der Waals surface area contributed by atoms with Gasteiger partial charge in [0, 0.05) is 17.3 Å². The highest BCUT2D eigenvalue weighted by Gasteiger charge is 2.19. The lowest BCUT2D eigenvalue weighted by Crippen LogP contribution is -2.24. The topological polar surface area (TPSA) is 79.8 Å². The van der Waals surface area contributed by atoms with Gasteiger partial charge in [-0.05, 0) is 31.5 Å². The lowest BCUT2D eigenvalue weighted by atomic mass is 10.3. The van der Waals surface area contributed by atoms with Crippen LogP contribution in [-0.2, 0) is 11.3 Å². The number of carbonyl (C=O) groups is 1. The zero-order valence-electron chi connectivity index (χ0n) is 13.0. The lowest BCUT2D eigenvalue weighted by Gasteiger charge is -2.12. The minimum absolute atomic E-state index is 0.172. The average molecular weight is 355 g/mol. The van der Waals surface area contributed by atoms with Crippen molar-refractivity contribution in [3.63, 3.8) is 0 Å². The van der Waals surface area contributed by atoms with Gasteiger partial charge in [-0.3, -0.25) is 9.36 Å². The van der Waals surface area contributed by atoms with Gasteiger partial charge in [-0.25, -0.2) is 9.89 Å². The van der Waals surface area contributed by atoms with Crippen molar-refractivity contribution in [3.8, 4) is 0 Å². The summed E-state index contributed by atoms with van der Waals surface area (Å²) >= 11 is 7.15. The molecule has 1 amide bonds. The van der Waals surface area contributed by atoms with Crippen molar-refractivity contribution in [1.29, 1.82) is 0 Å². The highest BCUT2D eigenvalue weighted by molar-refractivity contribution is 8.00. The molecule has 1 heterocycles. The number of H-pyrrole nitrogens is 1. The van der Waals surface area contributed by atoms with E-state index in [-0.39, 0.29) is 11.6 Å². The van der Waals surface area contributed by atoms with E-state index in [0.717, 1.165) is 12.8 Å². The maximum Gasteiger partial charge on any atom is 0.343 e. The molecule has 0 saturated heterocycles. The predicted octanol–water partition coefficient (Wildman–Crippen LogP) is 3.14. The van der Waals surface area contributed by atoms with Gasteiger partial charge in [0.15, 0.2) is 5.16 Å². The van der Waals surface area contributed by atoms with Crippen LogP contribution in [0.5, 0.6) is 0 Å². The first-order valence-electron chi connectivity index (χ1n) is 7.39. The Bertz CT molecular complexity index is 728. The maximum absolute atomic E-state index is 12.3. The molecule has 0 radical (unpaired) electrons. The van der Waals surface area contributed by atoms with Gasteiger partial charge in [0.05, 0.1) is 5.25 Å². The highest BCUT2D eigenvalue weighted by atomic mass is 35.5. The molecule has 1 aromatic carbocycles. The van der Waals surface area contributed by atoms with Gasteiger partial charge in [-0.15, -0.1) is 5.10 Å². The van der Waals surface area contributed by atoms with Crippen LogP contribution < -0.4 is 11.0 Å². The van der Waals surface area contributed by atoms with Gasteiger partial charge in [0.2, 0.25) is 5.91 Å². The Morgan fingerprint density at radius 2 is 2.30 bits per heavy atom. The quantitative estimate of drug-likeness (QED) is 0.748. The number of aromatic nitrogens is 3. The van der Waals surface area contributed by atoms with Crippen LogP contribution in [0.15, 0.2) is 34.2 Å². The number of amides is 1. The normalized spacial score (nSPS) is 12.1. The summed E-state index contributed by atoms with van der Waals surface area (Å²) in [7, 11) is 0. The van der Waals surface area contributed by atoms with Crippen molar-refractivity contribution in [2.75, 3.05) is 5.32 Å². The highest BCUT2D eigenvalue weighted by Crippen LogP contribution is 2.22. The Kier molecular flexibility index (Phi) is 6.29. The molecule has 0 aliphatic carbocycles. The first-order chi connectivity index (χ1) is 11.0. The van der Waals surface area contributed by atoms with Gasteiger partial charge < -0.3 is 5.32 Å². The van der Waals surface area contributed by atoms with Gasteiger partial charge in [0.25, 0.3) is 0 Å². The largest absolute Gasteiger partial charge is 0.343 e. The van der Waals surface area contributed by atoms with Crippen LogP contribution in [0.25, 0.3) is 0 Å². The Balaban J connectivity index is 2.02. The summed E-state index contributed by atoms with van der Waals surface area (Å²) in [5.74, 6) is -0.172. The Morgan fingerprint density at radius 3 is 3.00 bits per heavy atom. The molecule has 6 nitrogen and oxygen atoms in total. The predicted molar refractivity (Wildman–Crippen MR) is 93.2 cm³/mol. The molecule has 0 fully saturated rings. The van der Waals surface area contributed by atoms with Crippen molar-refractivity contribution in [2.24, 2.45) is 0 Å². The molecule has 124 valence electrons. The minimum atomic E-state index is -0.399. The third-order valence-electron chi connectivity index (χ3n) is 3.20. The standard InChI is InChI=1S/C15H19ClN4O2S/c1-3-4-8-20-14(22)18-19-15(20)23-10(2)13(21)17-12-7-5-6-11(16)9-12/h5-7,9-10H,3-4,8H2,1-2H3,(H,17,21)(H,18,22). The number of rotatable bonds is 7. The number of thioether (sulfide) groups is 1. The molecule has 1 unspecified atom stereocenters. The molecular formula is C15H19ClN4O2S. The van der Waals surface area contributed by atoms with E-state index in [1.165, 1.54) is 11.8 Å². The van der Waals surface area contributed by atoms with E-state index in [1.807, 2.05) is 0 Å². The van der Waals surface area contributed by atoms with Crippen LogP contribution in [0.2, 0.25) is 5.02 Å². The number of nitrogens with one attached hydrogen (secondary N) is 2. The summed E-state index contributed by atoms with van der Waals surface area (Å²) in [6.07, 6.45) is 1.86. The number of carbonyl (C=O) groups excluding carboxylic acids is 1. The molecule has 0 aliphatic heterocycles. The van der Waals surface area contributed by atoms with Gasteiger partial charge in [0.1, 0.15) is 0 Å². The molecular weight excluding hydrogens is 336 g/mol. The van der Waals surface area contributed by atoms with Crippen LogP contribution in [0.3, 0.4) is 0 Å². The number of hydrogen-bond acceptors (Lipinski definition) is 4. The third kappa shape index (κ3) is 4.87. The third-order valence-corrected chi connectivity index (χ3v) is 4.53. The van der Waals surface area contributed by atoms with E-state index in [1.54, 1.807) is 35.8 Å². The number of unbranched alkanes of at least 4 members (excludes halogenated alkanes) is 1. The zero-order valence-corrected chi connectivity index (χ0v) is 14.6. The monoisotopic (exact) mass is 354 g/mol. The van der Waals surface area contributed by atoms with E-state index >= 15 is 0 Å². The molecule has 1 aromatic heterocycles. The first kappa shape index (κ1) is 17.6. The molecule has 0 bridgehead atoms. The summed E-state index contributed by atoms with van der Waals surface area (Å²) in [6, 6.07) is 6.97. The van der Waals surface area contributed by atoms with Crippen LogP contribution in [0.4, 0.5) is 5.69 Å². The number of halogens is 1. The van der Waals surface area contributed by atoms with E-state index in [0.29, 0.717) is 22.4 Å². The number of aromatic amines is 1. The first-order valence-corrected chi connectivity index (χ1v) is 8.65. The van der Waals surface area contributed by atoms with E-state index in [4.69, 9.17) is 11.6 Å². The summed E-state index contributed by atoms with van der Waals surface area (Å²) in [5.41, 5.74) is 0.392. The fraction of sp³-hybridized carbons (Fsp3) is 0.400. The molecule has 1 atom stereocenters. The van der Waals surface area contributed by atoms with Crippen LogP contribution in [0.1, 0.15) is 26.7 Å². The van der Waals surface area contributed by atoms with Gasteiger partial charge in [-0.2, -0.15) is 0 Å². The number of benzene rings is 1. The molecule has 0 spiro atoms. The molecule has 0 aliphatic rings. The Labute approximate surface area is 143 Å². The van der Waals surface area contributed by atoms with E-state index in [2.05, 4.69) is 22.4 Å². The van der Waals surface area contributed by atoms with Gasteiger partial charge >= 0.3 is 5.69 Å². The van der Waals surface area contributed by atoms with Crippen LogP contribution in [-0.4, -0.2) is 25.9 Å². The summed E-state index contributed by atoms with van der Waals surface area (Å²) < 4.78 is 1.57. The maximum atomic E-state index is 12.3. The van der Waals surface area contributed by atoms with Crippen molar-refractivity contribution >= 4 is 35.0 Å². The van der Waals surface area contributed by atoms with Crippen molar-refractivity contribution in [3.05, 3.63) is 39.8 Å². The number of nitrogens with zero attached hydrogens (tertiary/aromatic N) is 2. The Hall–Kier alpha value is -1.73. The molecule has 2 aromatic rings. The zero-order chi connectivity index (χ0) is 16.8. The molecule has 0 saturated carbocycles. The van der Waals surface area contributed by atoms with E-state index in [9.17, 15) is 9.59 Å². The van der Waals surface area contributed by atoms with Crippen LogP contribution >= 0.6 is 23.4 Å². The van der Waals surface area contributed by atoms with E-state index < -0.39 is 5.25 Å². The summed E-state index contributed by atoms with van der Waals surface area (Å²) in [6.45, 7) is 4.42. The van der Waals surface area contributed by atoms with Crippen LogP contribution in [0, 0.1) is 0 Å².